The number of para-hydroxylation sites is 1. The molecule has 0 saturated carbocycles. The summed E-state index contributed by atoms with van der Waals surface area (Å²) in [7, 11) is 0. The van der Waals surface area contributed by atoms with Crippen LogP contribution in [0.25, 0.3) is 0 Å². The topological polar surface area (TPSA) is 69.9 Å². The normalized spacial score (nSPS) is 17.1. The van der Waals surface area contributed by atoms with Crippen LogP contribution in [0, 0.1) is 13.8 Å². The zero-order valence-electron chi connectivity index (χ0n) is 17.6. The molecule has 3 heterocycles. The maximum absolute atomic E-state index is 12.8. The number of fused-ring (bicyclic) bond motifs is 1. The molecule has 1 saturated heterocycles. The summed E-state index contributed by atoms with van der Waals surface area (Å²) in [4.78, 5) is 32.6. The van der Waals surface area contributed by atoms with Crippen molar-refractivity contribution in [3.63, 3.8) is 0 Å². The molecule has 0 N–H and O–H groups in total. The fraction of sp³-hybridized carbons (Fsp3) is 0.500. The van der Waals surface area contributed by atoms with Crippen LogP contribution in [0.5, 0.6) is 0 Å². The lowest BCUT2D eigenvalue weighted by Gasteiger charge is -2.35. The Morgan fingerprint density at radius 3 is 2.50 bits per heavy atom. The summed E-state index contributed by atoms with van der Waals surface area (Å²) in [6.07, 6.45) is 0.533. The number of thioether (sulfide) groups is 1. The lowest BCUT2D eigenvalue weighted by molar-refractivity contribution is -0.134. The highest BCUT2D eigenvalue weighted by Crippen LogP contribution is 2.34. The van der Waals surface area contributed by atoms with Crippen LogP contribution in [0.2, 0.25) is 0 Å². The minimum atomic E-state index is 0.0353. The molecule has 0 spiro atoms. The number of piperazine rings is 1. The molecule has 2 amide bonds. The number of benzene rings is 1. The SMILES string of the molecule is Cc1noc(C)c1CN1CCN(C(=O)CCC(=O)N2CCSc3ccccc32)CC1. The molecule has 0 unspecified atom stereocenters. The molecule has 0 atom stereocenters. The van der Waals surface area contributed by atoms with Crippen molar-refractivity contribution in [1.82, 2.24) is 15.0 Å². The summed E-state index contributed by atoms with van der Waals surface area (Å²) in [5.41, 5.74) is 3.04. The van der Waals surface area contributed by atoms with Crippen molar-refractivity contribution in [1.29, 1.82) is 0 Å². The number of hydrogen-bond donors (Lipinski definition) is 0. The van der Waals surface area contributed by atoms with E-state index in [0.29, 0.717) is 19.6 Å². The predicted molar refractivity (Wildman–Crippen MR) is 117 cm³/mol. The summed E-state index contributed by atoms with van der Waals surface area (Å²) in [5, 5.41) is 4.01. The van der Waals surface area contributed by atoms with Gasteiger partial charge in [0.05, 0.1) is 11.4 Å². The van der Waals surface area contributed by atoms with Crippen LogP contribution in [0.1, 0.15) is 29.9 Å². The van der Waals surface area contributed by atoms with Crippen LogP contribution >= 0.6 is 11.8 Å². The molecule has 160 valence electrons. The van der Waals surface area contributed by atoms with Crippen molar-refractivity contribution in [2.45, 2.75) is 38.1 Å². The number of anilines is 1. The van der Waals surface area contributed by atoms with Crippen molar-refractivity contribution < 1.29 is 14.1 Å². The quantitative estimate of drug-likeness (QED) is 0.729. The Balaban J connectivity index is 1.25. The first-order valence-electron chi connectivity index (χ1n) is 10.5. The number of aryl methyl sites for hydroxylation is 2. The van der Waals surface area contributed by atoms with Crippen molar-refractivity contribution in [3.8, 4) is 0 Å². The molecule has 30 heavy (non-hydrogen) atoms. The van der Waals surface area contributed by atoms with Gasteiger partial charge in [-0.05, 0) is 26.0 Å². The minimum Gasteiger partial charge on any atom is -0.361 e. The minimum absolute atomic E-state index is 0.0353. The third kappa shape index (κ3) is 4.54. The first-order valence-corrected chi connectivity index (χ1v) is 11.5. The zero-order valence-corrected chi connectivity index (χ0v) is 18.4. The van der Waals surface area contributed by atoms with Crippen LogP contribution in [0.15, 0.2) is 33.7 Å². The first-order chi connectivity index (χ1) is 14.5. The van der Waals surface area contributed by atoms with Gasteiger partial charge in [-0.2, -0.15) is 0 Å². The largest absolute Gasteiger partial charge is 0.361 e. The predicted octanol–water partition coefficient (Wildman–Crippen LogP) is 2.85. The van der Waals surface area contributed by atoms with Crippen LogP contribution < -0.4 is 4.90 Å². The number of nitrogens with zero attached hydrogens (tertiary/aromatic N) is 4. The van der Waals surface area contributed by atoms with Gasteiger partial charge < -0.3 is 14.3 Å². The van der Waals surface area contributed by atoms with Crippen molar-refractivity contribution in [2.24, 2.45) is 0 Å². The van der Waals surface area contributed by atoms with Crippen LogP contribution in [0.4, 0.5) is 5.69 Å². The molecule has 2 aromatic rings. The molecule has 0 radical (unpaired) electrons. The van der Waals surface area contributed by atoms with Gasteiger partial charge in [0, 0.05) is 68.3 Å². The summed E-state index contributed by atoms with van der Waals surface area (Å²) < 4.78 is 5.24. The number of carbonyl (C=O) groups is 2. The Labute approximate surface area is 181 Å². The van der Waals surface area contributed by atoms with E-state index in [0.717, 1.165) is 53.0 Å². The fourth-order valence-corrected chi connectivity index (χ4v) is 5.04. The standard InChI is InChI=1S/C22H28N4O3S/c1-16-18(17(2)29-23-16)15-24-9-11-25(12-10-24)21(27)7-8-22(28)26-13-14-30-20-6-4-3-5-19(20)26/h3-6H,7-15H2,1-2H3. The van der Waals surface area contributed by atoms with Gasteiger partial charge in [-0.3, -0.25) is 14.5 Å². The van der Waals surface area contributed by atoms with E-state index >= 15 is 0 Å². The van der Waals surface area contributed by atoms with Crippen LogP contribution in [-0.4, -0.2) is 65.2 Å². The van der Waals surface area contributed by atoms with Crippen molar-refractivity contribution >= 4 is 29.3 Å². The molecule has 2 aliphatic rings. The molecular weight excluding hydrogens is 400 g/mol. The summed E-state index contributed by atoms with van der Waals surface area (Å²) in [6, 6.07) is 7.99. The smallest absolute Gasteiger partial charge is 0.227 e. The average molecular weight is 429 g/mol. The zero-order chi connectivity index (χ0) is 21.1. The monoisotopic (exact) mass is 428 g/mol. The molecule has 8 heteroatoms. The van der Waals surface area contributed by atoms with E-state index in [-0.39, 0.29) is 24.7 Å². The Hall–Kier alpha value is -2.32. The number of carbonyl (C=O) groups excluding carboxylic acids is 2. The number of hydrogen-bond acceptors (Lipinski definition) is 6. The molecule has 1 aromatic heterocycles. The second-order valence-corrected chi connectivity index (χ2v) is 8.96. The number of rotatable bonds is 5. The maximum Gasteiger partial charge on any atom is 0.227 e. The molecule has 1 aromatic carbocycles. The number of amides is 2. The Kier molecular flexibility index (Phi) is 6.43. The third-order valence-corrected chi connectivity index (χ3v) is 6.91. The lowest BCUT2D eigenvalue weighted by atomic mass is 10.1. The van der Waals surface area contributed by atoms with Crippen molar-refractivity contribution in [3.05, 3.63) is 41.3 Å². The second kappa shape index (κ2) is 9.22. The van der Waals surface area contributed by atoms with Crippen LogP contribution in [-0.2, 0) is 16.1 Å². The van der Waals surface area contributed by atoms with Crippen LogP contribution in [0.3, 0.4) is 0 Å². The van der Waals surface area contributed by atoms with Gasteiger partial charge >= 0.3 is 0 Å². The molecule has 7 nitrogen and oxygen atoms in total. The van der Waals surface area contributed by atoms with E-state index in [1.807, 2.05) is 47.9 Å². The maximum atomic E-state index is 12.8. The van der Waals surface area contributed by atoms with E-state index in [9.17, 15) is 9.59 Å². The average Bonchev–Trinajstić information content (AvgIpc) is 3.09. The third-order valence-electron chi connectivity index (χ3n) is 5.87. The summed E-state index contributed by atoms with van der Waals surface area (Å²) in [6.45, 7) is 8.43. The van der Waals surface area contributed by atoms with Crippen molar-refractivity contribution in [2.75, 3.05) is 43.4 Å². The second-order valence-electron chi connectivity index (χ2n) is 7.82. The van der Waals surface area contributed by atoms with Gasteiger partial charge in [0.2, 0.25) is 11.8 Å². The first kappa shape index (κ1) is 20.9. The molecule has 2 aliphatic heterocycles. The van der Waals surface area contributed by atoms with Gasteiger partial charge in [-0.25, -0.2) is 0 Å². The fourth-order valence-electron chi connectivity index (χ4n) is 4.04. The Morgan fingerprint density at radius 2 is 1.77 bits per heavy atom. The molecule has 0 bridgehead atoms. The van der Waals surface area contributed by atoms with Gasteiger partial charge in [-0.15, -0.1) is 11.8 Å². The highest BCUT2D eigenvalue weighted by molar-refractivity contribution is 7.99. The van der Waals surface area contributed by atoms with E-state index < -0.39 is 0 Å². The lowest BCUT2D eigenvalue weighted by Crippen LogP contribution is -2.48. The van der Waals surface area contributed by atoms with E-state index in [1.165, 1.54) is 0 Å². The molecule has 4 rings (SSSR count). The Morgan fingerprint density at radius 1 is 1.03 bits per heavy atom. The Bertz CT molecular complexity index is 901. The molecule has 0 aliphatic carbocycles. The number of aromatic nitrogens is 1. The van der Waals surface area contributed by atoms with E-state index in [4.69, 9.17) is 4.52 Å². The van der Waals surface area contributed by atoms with Gasteiger partial charge in [0.25, 0.3) is 0 Å². The van der Waals surface area contributed by atoms with E-state index in [2.05, 4.69) is 10.1 Å². The van der Waals surface area contributed by atoms with Gasteiger partial charge in [0.15, 0.2) is 0 Å². The van der Waals surface area contributed by atoms with Gasteiger partial charge in [-0.1, -0.05) is 17.3 Å². The van der Waals surface area contributed by atoms with Gasteiger partial charge in [0.1, 0.15) is 5.76 Å². The highest BCUT2D eigenvalue weighted by atomic mass is 32.2. The van der Waals surface area contributed by atoms with E-state index in [1.54, 1.807) is 11.8 Å². The summed E-state index contributed by atoms with van der Waals surface area (Å²) in [5.74, 6) is 1.86. The molecular formula is C22H28N4O3S. The highest BCUT2D eigenvalue weighted by Gasteiger charge is 2.26. The summed E-state index contributed by atoms with van der Waals surface area (Å²) >= 11 is 1.78. The molecule has 1 fully saturated rings.